The van der Waals surface area contributed by atoms with Crippen molar-refractivity contribution >= 4 is 24.3 Å². The Kier molecular flexibility index (Phi) is 4.77. The first-order valence-corrected chi connectivity index (χ1v) is 5.94. The maximum absolute atomic E-state index is 3.93. The van der Waals surface area contributed by atoms with Gasteiger partial charge >= 0.3 is 0 Å². The molecule has 0 bridgehead atoms. The van der Waals surface area contributed by atoms with Gasteiger partial charge in [0.15, 0.2) is 0 Å². The SMILES string of the molecule is C=Cc1c(/C=C\C)c(/C=C\C)n(C)c1/C=C\C. The van der Waals surface area contributed by atoms with E-state index in [9.17, 15) is 0 Å². The highest BCUT2D eigenvalue weighted by Crippen LogP contribution is 2.27. The number of rotatable bonds is 4. The summed E-state index contributed by atoms with van der Waals surface area (Å²) in [6.07, 6.45) is 14.5. The molecule has 90 valence electrons. The summed E-state index contributed by atoms with van der Waals surface area (Å²) < 4.78 is 2.20. The molecule has 17 heavy (non-hydrogen) atoms. The number of hydrogen-bond acceptors (Lipinski definition) is 0. The molecule has 1 aromatic rings. The highest BCUT2D eigenvalue weighted by atomic mass is 15.0. The zero-order chi connectivity index (χ0) is 12.8. The quantitative estimate of drug-likeness (QED) is 0.698. The maximum Gasteiger partial charge on any atom is 0.0485 e. The van der Waals surface area contributed by atoms with Crippen LogP contribution in [0.25, 0.3) is 24.3 Å². The topological polar surface area (TPSA) is 4.93 Å². The molecule has 0 aromatic carbocycles. The van der Waals surface area contributed by atoms with Crippen molar-refractivity contribution < 1.29 is 0 Å². The first-order chi connectivity index (χ1) is 8.21. The van der Waals surface area contributed by atoms with Crippen LogP contribution in [-0.4, -0.2) is 4.57 Å². The van der Waals surface area contributed by atoms with Crippen LogP contribution in [0.4, 0.5) is 0 Å². The molecule has 0 atom stereocenters. The van der Waals surface area contributed by atoms with Crippen molar-refractivity contribution in [2.24, 2.45) is 7.05 Å². The number of nitrogens with zero attached hydrogens (tertiary/aromatic N) is 1. The predicted molar refractivity (Wildman–Crippen MR) is 79.6 cm³/mol. The van der Waals surface area contributed by atoms with Gasteiger partial charge in [-0.15, -0.1) is 0 Å². The molecule has 1 rings (SSSR count). The minimum absolute atomic E-state index is 1.19. The lowest BCUT2D eigenvalue weighted by molar-refractivity contribution is 0.900. The van der Waals surface area contributed by atoms with Gasteiger partial charge in [-0.3, -0.25) is 0 Å². The zero-order valence-electron chi connectivity index (χ0n) is 11.2. The van der Waals surface area contributed by atoms with Gasteiger partial charge in [0.1, 0.15) is 0 Å². The molecule has 0 saturated heterocycles. The fraction of sp³-hybridized carbons (Fsp3) is 0.250. The second-order valence-corrected chi connectivity index (χ2v) is 3.86. The molecular formula is C16H21N. The van der Waals surface area contributed by atoms with Crippen molar-refractivity contribution in [1.82, 2.24) is 4.57 Å². The second-order valence-electron chi connectivity index (χ2n) is 3.86. The molecule has 0 amide bonds. The van der Waals surface area contributed by atoms with Crippen molar-refractivity contribution in [3.8, 4) is 0 Å². The summed E-state index contributed by atoms with van der Waals surface area (Å²) >= 11 is 0. The molecule has 1 aromatic heterocycles. The van der Waals surface area contributed by atoms with Gasteiger partial charge in [0.05, 0.1) is 0 Å². The average Bonchev–Trinajstić information content (AvgIpc) is 2.56. The summed E-state index contributed by atoms with van der Waals surface area (Å²) in [7, 11) is 2.09. The van der Waals surface area contributed by atoms with Crippen LogP contribution in [0.5, 0.6) is 0 Å². The van der Waals surface area contributed by atoms with Gasteiger partial charge in [0.2, 0.25) is 0 Å². The number of hydrogen-bond donors (Lipinski definition) is 0. The van der Waals surface area contributed by atoms with Crippen molar-refractivity contribution in [2.45, 2.75) is 20.8 Å². The Morgan fingerprint density at radius 2 is 1.29 bits per heavy atom. The van der Waals surface area contributed by atoms with Gasteiger partial charge in [-0.2, -0.15) is 0 Å². The van der Waals surface area contributed by atoms with E-state index in [1.807, 2.05) is 26.8 Å². The van der Waals surface area contributed by atoms with E-state index in [-0.39, 0.29) is 0 Å². The van der Waals surface area contributed by atoms with E-state index >= 15 is 0 Å². The smallest absolute Gasteiger partial charge is 0.0485 e. The van der Waals surface area contributed by atoms with Crippen LogP contribution in [0.2, 0.25) is 0 Å². The van der Waals surface area contributed by atoms with E-state index in [0.717, 1.165) is 0 Å². The molecule has 0 unspecified atom stereocenters. The van der Waals surface area contributed by atoms with Crippen LogP contribution in [0, 0.1) is 0 Å². The van der Waals surface area contributed by atoms with E-state index in [1.54, 1.807) is 0 Å². The highest BCUT2D eigenvalue weighted by Gasteiger charge is 2.13. The van der Waals surface area contributed by atoms with Crippen molar-refractivity contribution in [1.29, 1.82) is 0 Å². The van der Waals surface area contributed by atoms with Gasteiger partial charge < -0.3 is 4.57 Å². The van der Waals surface area contributed by atoms with E-state index in [1.165, 1.54) is 22.5 Å². The first-order valence-electron chi connectivity index (χ1n) is 5.94. The van der Waals surface area contributed by atoms with Crippen molar-refractivity contribution in [3.63, 3.8) is 0 Å². The van der Waals surface area contributed by atoms with Crippen LogP contribution >= 0.6 is 0 Å². The molecular weight excluding hydrogens is 206 g/mol. The van der Waals surface area contributed by atoms with Gasteiger partial charge in [-0.1, -0.05) is 37.0 Å². The van der Waals surface area contributed by atoms with Crippen LogP contribution in [0.3, 0.4) is 0 Å². The fourth-order valence-corrected chi connectivity index (χ4v) is 2.04. The van der Waals surface area contributed by atoms with E-state index in [0.29, 0.717) is 0 Å². The fourth-order valence-electron chi connectivity index (χ4n) is 2.04. The minimum Gasteiger partial charge on any atom is -0.344 e. The standard InChI is InChI=1S/C16H21N/c1-6-10-14-13(9-4)15(11-7-2)17(5)16(14)12-8-3/h6-12H,4H2,1-3,5H3/b10-6-,11-7-,12-8-. The van der Waals surface area contributed by atoms with Crippen LogP contribution in [0.1, 0.15) is 43.3 Å². The summed E-state index contributed by atoms with van der Waals surface area (Å²) in [5, 5.41) is 0. The Hall–Kier alpha value is -1.76. The third-order valence-corrected chi connectivity index (χ3v) is 2.75. The highest BCUT2D eigenvalue weighted by molar-refractivity contribution is 5.79. The maximum atomic E-state index is 3.93. The normalized spacial score (nSPS) is 12.2. The Morgan fingerprint density at radius 3 is 1.71 bits per heavy atom. The summed E-state index contributed by atoms with van der Waals surface area (Å²) in [6, 6.07) is 0. The van der Waals surface area contributed by atoms with Crippen molar-refractivity contribution in [2.75, 3.05) is 0 Å². The number of aromatic nitrogens is 1. The van der Waals surface area contributed by atoms with Gasteiger partial charge in [-0.05, 0) is 32.9 Å². The summed E-state index contributed by atoms with van der Waals surface area (Å²) in [5.41, 5.74) is 4.84. The molecule has 0 radical (unpaired) electrons. The van der Waals surface area contributed by atoms with E-state index < -0.39 is 0 Å². The average molecular weight is 227 g/mol. The van der Waals surface area contributed by atoms with E-state index in [2.05, 4.69) is 54.6 Å². The Balaban J connectivity index is 3.64. The van der Waals surface area contributed by atoms with Crippen LogP contribution in [0.15, 0.2) is 24.8 Å². The lowest BCUT2D eigenvalue weighted by atomic mass is 10.1. The minimum atomic E-state index is 1.19. The van der Waals surface area contributed by atoms with Gasteiger partial charge in [-0.25, -0.2) is 0 Å². The van der Waals surface area contributed by atoms with Crippen LogP contribution < -0.4 is 0 Å². The summed E-state index contributed by atoms with van der Waals surface area (Å²) in [5.74, 6) is 0. The summed E-state index contributed by atoms with van der Waals surface area (Å²) in [6.45, 7) is 10.0. The Labute approximate surface area is 104 Å². The largest absolute Gasteiger partial charge is 0.344 e. The molecule has 0 saturated carbocycles. The molecule has 0 N–H and O–H groups in total. The molecule has 0 aliphatic heterocycles. The molecule has 0 aliphatic carbocycles. The Morgan fingerprint density at radius 1 is 0.824 bits per heavy atom. The molecule has 0 aliphatic rings. The number of allylic oxidation sites excluding steroid dienone is 3. The van der Waals surface area contributed by atoms with Crippen LogP contribution in [-0.2, 0) is 7.05 Å². The van der Waals surface area contributed by atoms with E-state index in [4.69, 9.17) is 0 Å². The molecule has 1 nitrogen and oxygen atoms in total. The third-order valence-electron chi connectivity index (χ3n) is 2.75. The molecule has 1 heterocycles. The molecule has 0 spiro atoms. The van der Waals surface area contributed by atoms with Gasteiger partial charge in [0, 0.05) is 29.6 Å². The van der Waals surface area contributed by atoms with Crippen molar-refractivity contribution in [3.05, 3.63) is 47.3 Å². The lowest BCUT2D eigenvalue weighted by Crippen LogP contribution is -1.94. The Bertz CT molecular complexity index is 482. The monoisotopic (exact) mass is 227 g/mol. The van der Waals surface area contributed by atoms with Gasteiger partial charge in [0.25, 0.3) is 0 Å². The third kappa shape index (κ3) is 2.50. The first kappa shape index (κ1) is 13.3. The lowest BCUT2D eigenvalue weighted by Gasteiger charge is -2.01. The second kappa shape index (κ2) is 6.09. The zero-order valence-corrected chi connectivity index (χ0v) is 11.2. The molecule has 1 heteroatoms. The summed E-state index contributed by atoms with van der Waals surface area (Å²) in [4.78, 5) is 0. The molecule has 0 fully saturated rings. The predicted octanol–water partition coefficient (Wildman–Crippen LogP) is 4.77.